The van der Waals surface area contributed by atoms with Crippen LogP contribution in [0, 0.1) is 5.92 Å². The highest BCUT2D eigenvalue weighted by atomic mass is 35.5. The van der Waals surface area contributed by atoms with Crippen LogP contribution in [0.3, 0.4) is 0 Å². The first kappa shape index (κ1) is 13.6. The molecule has 1 aliphatic carbocycles. The van der Waals surface area contributed by atoms with E-state index in [2.05, 4.69) is 37.1 Å². The Morgan fingerprint density at radius 3 is 2.83 bits per heavy atom. The van der Waals surface area contributed by atoms with Gasteiger partial charge in [-0.3, -0.25) is 4.90 Å². The van der Waals surface area contributed by atoms with Crippen LogP contribution in [0.25, 0.3) is 0 Å². The van der Waals surface area contributed by atoms with Gasteiger partial charge in [-0.25, -0.2) is 0 Å². The normalized spacial score (nSPS) is 24.7. The van der Waals surface area contributed by atoms with Crippen LogP contribution in [0.2, 0.25) is 5.02 Å². The fourth-order valence-corrected chi connectivity index (χ4v) is 2.69. The Hall–Kier alpha value is -0.830. The summed E-state index contributed by atoms with van der Waals surface area (Å²) in [7, 11) is 2.16. The van der Waals surface area contributed by atoms with E-state index in [9.17, 15) is 0 Å². The van der Waals surface area contributed by atoms with E-state index >= 15 is 0 Å². The molecular weight excluding hydrogens is 244 g/mol. The average molecular weight is 265 g/mol. The second-order valence-corrected chi connectivity index (χ2v) is 5.65. The Morgan fingerprint density at radius 2 is 2.22 bits per heavy atom. The van der Waals surface area contributed by atoms with E-state index in [1.807, 2.05) is 18.2 Å². The molecule has 1 aromatic rings. The first-order valence-corrected chi connectivity index (χ1v) is 6.83. The molecule has 18 heavy (non-hydrogen) atoms. The second-order valence-electron chi connectivity index (χ2n) is 5.22. The lowest BCUT2D eigenvalue weighted by molar-refractivity contribution is 0.234. The second kappa shape index (κ2) is 5.87. The van der Waals surface area contributed by atoms with Gasteiger partial charge < -0.3 is 5.73 Å². The van der Waals surface area contributed by atoms with E-state index in [1.165, 1.54) is 5.56 Å². The van der Waals surface area contributed by atoms with Crippen molar-refractivity contribution in [2.24, 2.45) is 11.7 Å². The highest BCUT2D eigenvalue weighted by Crippen LogP contribution is 2.25. The maximum atomic E-state index is 6.04. The fraction of sp³-hybridized carbons (Fsp3) is 0.467. The maximum absolute atomic E-state index is 6.04. The number of rotatable bonds is 4. The lowest BCUT2D eigenvalue weighted by Gasteiger charge is -2.27. The average Bonchev–Trinajstić information content (AvgIpc) is 2.73. The molecule has 0 fully saturated rings. The molecule has 0 bridgehead atoms. The monoisotopic (exact) mass is 264 g/mol. The van der Waals surface area contributed by atoms with Crippen LogP contribution in [0.15, 0.2) is 36.4 Å². The standard InChI is InChI=1S/C15H21ClN2/c1-11(13-4-3-5-14(16)9-13)18(2)10-12-6-7-15(17)8-12/h3-7,9,11-12,15H,8,10,17H2,1-2H3. The molecule has 3 unspecified atom stereocenters. The SMILES string of the molecule is CC(c1cccc(Cl)c1)N(C)CC1C=CC(N)C1. The molecular formula is C15H21ClN2. The molecule has 0 heterocycles. The zero-order valence-electron chi connectivity index (χ0n) is 11.0. The summed E-state index contributed by atoms with van der Waals surface area (Å²) in [6, 6.07) is 8.70. The number of hydrogen-bond donors (Lipinski definition) is 1. The van der Waals surface area contributed by atoms with E-state index in [4.69, 9.17) is 17.3 Å². The molecule has 2 N–H and O–H groups in total. The van der Waals surface area contributed by atoms with E-state index in [1.54, 1.807) is 0 Å². The lowest BCUT2D eigenvalue weighted by Crippen LogP contribution is -2.28. The van der Waals surface area contributed by atoms with Crippen molar-refractivity contribution >= 4 is 11.6 Å². The largest absolute Gasteiger partial charge is 0.324 e. The van der Waals surface area contributed by atoms with Gasteiger partial charge in [0, 0.05) is 23.7 Å². The molecule has 0 amide bonds. The zero-order chi connectivity index (χ0) is 13.1. The molecule has 3 heteroatoms. The summed E-state index contributed by atoms with van der Waals surface area (Å²) in [5.74, 6) is 0.576. The Morgan fingerprint density at radius 1 is 1.44 bits per heavy atom. The quantitative estimate of drug-likeness (QED) is 0.846. The summed E-state index contributed by atoms with van der Waals surface area (Å²) in [5.41, 5.74) is 7.15. The summed E-state index contributed by atoms with van der Waals surface area (Å²) in [6.45, 7) is 3.25. The molecule has 2 nitrogen and oxygen atoms in total. The third-order valence-electron chi connectivity index (χ3n) is 3.72. The van der Waals surface area contributed by atoms with E-state index in [-0.39, 0.29) is 6.04 Å². The van der Waals surface area contributed by atoms with E-state index < -0.39 is 0 Å². The highest BCUT2D eigenvalue weighted by Gasteiger charge is 2.20. The molecule has 2 rings (SSSR count). The van der Waals surface area contributed by atoms with Crippen molar-refractivity contribution in [1.29, 1.82) is 0 Å². The van der Waals surface area contributed by atoms with Crippen molar-refractivity contribution < 1.29 is 0 Å². The Bertz CT molecular complexity index is 430. The smallest absolute Gasteiger partial charge is 0.0409 e. The predicted octanol–water partition coefficient (Wildman–Crippen LogP) is 3.24. The van der Waals surface area contributed by atoms with Crippen LogP contribution in [0.1, 0.15) is 24.9 Å². The summed E-state index contributed by atoms with van der Waals surface area (Å²) in [4.78, 5) is 2.36. The van der Waals surface area contributed by atoms with Crippen LogP contribution in [-0.4, -0.2) is 24.5 Å². The van der Waals surface area contributed by atoms with Gasteiger partial charge in [-0.2, -0.15) is 0 Å². The number of nitrogens with two attached hydrogens (primary N) is 1. The highest BCUT2D eigenvalue weighted by molar-refractivity contribution is 6.30. The van der Waals surface area contributed by atoms with Gasteiger partial charge in [-0.15, -0.1) is 0 Å². The molecule has 0 aliphatic heterocycles. The van der Waals surface area contributed by atoms with Crippen LogP contribution in [0.4, 0.5) is 0 Å². The van der Waals surface area contributed by atoms with Crippen LogP contribution in [0.5, 0.6) is 0 Å². The van der Waals surface area contributed by atoms with Crippen molar-refractivity contribution in [3.63, 3.8) is 0 Å². The van der Waals surface area contributed by atoms with Crippen molar-refractivity contribution in [3.8, 4) is 0 Å². The van der Waals surface area contributed by atoms with E-state index in [0.717, 1.165) is 18.0 Å². The fourth-order valence-electron chi connectivity index (χ4n) is 2.49. The third kappa shape index (κ3) is 3.35. The van der Waals surface area contributed by atoms with Crippen molar-refractivity contribution in [2.45, 2.75) is 25.4 Å². The predicted molar refractivity (Wildman–Crippen MR) is 77.7 cm³/mol. The number of hydrogen-bond acceptors (Lipinski definition) is 2. The molecule has 98 valence electrons. The zero-order valence-corrected chi connectivity index (χ0v) is 11.8. The molecule has 1 aliphatic rings. The lowest BCUT2D eigenvalue weighted by atomic mass is 10.0. The number of benzene rings is 1. The maximum Gasteiger partial charge on any atom is 0.0409 e. The third-order valence-corrected chi connectivity index (χ3v) is 3.96. The molecule has 0 saturated heterocycles. The topological polar surface area (TPSA) is 29.3 Å². The van der Waals surface area contributed by atoms with Gasteiger partial charge in [0.2, 0.25) is 0 Å². The van der Waals surface area contributed by atoms with Crippen molar-refractivity contribution in [1.82, 2.24) is 4.90 Å². The van der Waals surface area contributed by atoms with Gasteiger partial charge in [-0.05, 0) is 44.0 Å². The Kier molecular flexibility index (Phi) is 4.44. The molecule has 3 atom stereocenters. The summed E-state index contributed by atoms with van der Waals surface area (Å²) in [5, 5.41) is 0.801. The minimum atomic E-state index is 0.241. The molecule has 0 saturated carbocycles. The molecule has 0 spiro atoms. The minimum absolute atomic E-state index is 0.241. The van der Waals surface area contributed by atoms with Crippen LogP contribution >= 0.6 is 11.6 Å². The molecule has 1 aromatic carbocycles. The van der Waals surface area contributed by atoms with Crippen molar-refractivity contribution in [3.05, 3.63) is 47.0 Å². The number of nitrogens with zero attached hydrogens (tertiary/aromatic N) is 1. The minimum Gasteiger partial charge on any atom is -0.324 e. The van der Waals surface area contributed by atoms with Crippen molar-refractivity contribution in [2.75, 3.05) is 13.6 Å². The first-order valence-electron chi connectivity index (χ1n) is 6.46. The summed E-state index contributed by atoms with van der Waals surface area (Å²) >= 11 is 6.04. The Labute approximate surface area is 114 Å². The van der Waals surface area contributed by atoms with Crippen LogP contribution < -0.4 is 5.73 Å². The van der Waals surface area contributed by atoms with Crippen LogP contribution in [-0.2, 0) is 0 Å². The summed E-state index contributed by atoms with van der Waals surface area (Å²) in [6.07, 6.45) is 5.42. The van der Waals surface area contributed by atoms with Gasteiger partial charge in [0.25, 0.3) is 0 Å². The van der Waals surface area contributed by atoms with Gasteiger partial charge in [0.15, 0.2) is 0 Å². The summed E-state index contributed by atoms with van der Waals surface area (Å²) < 4.78 is 0. The number of halogens is 1. The Balaban J connectivity index is 1.96. The molecule has 0 aromatic heterocycles. The van der Waals surface area contributed by atoms with Gasteiger partial charge in [0.1, 0.15) is 0 Å². The van der Waals surface area contributed by atoms with E-state index in [0.29, 0.717) is 12.0 Å². The van der Waals surface area contributed by atoms with Gasteiger partial charge in [0.05, 0.1) is 0 Å². The molecule has 0 radical (unpaired) electrons. The van der Waals surface area contributed by atoms with Gasteiger partial charge in [-0.1, -0.05) is 35.9 Å². The first-order chi connectivity index (χ1) is 8.56. The van der Waals surface area contributed by atoms with Gasteiger partial charge >= 0.3 is 0 Å².